The zero-order valence-corrected chi connectivity index (χ0v) is 9.12. The van der Waals surface area contributed by atoms with E-state index in [9.17, 15) is 0 Å². The highest BCUT2D eigenvalue weighted by atomic mass is 35.5. The lowest BCUT2D eigenvalue weighted by Crippen LogP contribution is -1.87. The first-order chi connectivity index (χ1) is 7.16. The van der Waals surface area contributed by atoms with Gasteiger partial charge in [0.15, 0.2) is 0 Å². The predicted octanol–water partition coefficient (Wildman–Crippen LogP) is 3.29. The summed E-state index contributed by atoms with van der Waals surface area (Å²) in [6.45, 7) is 2.01. The molecule has 0 fully saturated rings. The quantitative estimate of drug-likeness (QED) is 0.746. The fraction of sp³-hybridized carbons (Fsp3) is 0.0833. The largest absolute Gasteiger partial charge is 0.398 e. The molecule has 2 aromatic rings. The van der Waals surface area contributed by atoms with Gasteiger partial charge in [0, 0.05) is 18.0 Å². The maximum atomic E-state index is 5.96. The first-order valence-corrected chi connectivity index (χ1v) is 5.01. The van der Waals surface area contributed by atoms with Gasteiger partial charge in [-0.3, -0.25) is 4.98 Å². The van der Waals surface area contributed by atoms with Crippen LogP contribution in [0.5, 0.6) is 0 Å². The molecule has 0 saturated heterocycles. The van der Waals surface area contributed by atoms with Crippen LogP contribution >= 0.6 is 11.6 Å². The molecule has 0 saturated carbocycles. The molecular weight excluding hydrogens is 208 g/mol. The lowest BCUT2D eigenvalue weighted by molar-refractivity contribution is 1.27. The summed E-state index contributed by atoms with van der Waals surface area (Å²) in [6, 6.07) is 7.67. The second kappa shape index (κ2) is 3.91. The number of benzene rings is 1. The standard InChI is InChI=1S/C12H11ClN2/c1-8-4-10(7-15-6-8)9-2-3-12(14)11(13)5-9/h2-7H,14H2,1H3. The second-order valence-corrected chi connectivity index (χ2v) is 3.89. The Bertz CT molecular complexity index is 495. The van der Waals surface area contributed by atoms with Gasteiger partial charge < -0.3 is 5.73 Å². The van der Waals surface area contributed by atoms with Crippen LogP contribution in [0.3, 0.4) is 0 Å². The first-order valence-electron chi connectivity index (χ1n) is 4.64. The van der Waals surface area contributed by atoms with Gasteiger partial charge >= 0.3 is 0 Å². The summed E-state index contributed by atoms with van der Waals surface area (Å²) in [6.07, 6.45) is 3.64. The Morgan fingerprint density at radius 3 is 2.60 bits per heavy atom. The maximum Gasteiger partial charge on any atom is 0.0641 e. The molecule has 3 heteroatoms. The molecule has 2 nitrogen and oxygen atoms in total. The van der Waals surface area contributed by atoms with Crippen LogP contribution in [0, 0.1) is 6.92 Å². The fourth-order valence-electron chi connectivity index (χ4n) is 1.42. The molecule has 0 aliphatic rings. The third kappa shape index (κ3) is 2.10. The Morgan fingerprint density at radius 1 is 1.13 bits per heavy atom. The Labute approximate surface area is 93.7 Å². The van der Waals surface area contributed by atoms with Gasteiger partial charge in [0.2, 0.25) is 0 Å². The van der Waals surface area contributed by atoms with Crippen molar-refractivity contribution in [1.29, 1.82) is 0 Å². The van der Waals surface area contributed by atoms with Crippen molar-refractivity contribution in [2.75, 3.05) is 5.73 Å². The van der Waals surface area contributed by atoms with Crippen molar-refractivity contribution in [3.63, 3.8) is 0 Å². The zero-order chi connectivity index (χ0) is 10.8. The van der Waals surface area contributed by atoms with Crippen LogP contribution in [-0.4, -0.2) is 4.98 Å². The fourth-order valence-corrected chi connectivity index (χ4v) is 1.60. The third-order valence-electron chi connectivity index (χ3n) is 2.21. The number of hydrogen-bond acceptors (Lipinski definition) is 2. The second-order valence-electron chi connectivity index (χ2n) is 3.49. The van der Waals surface area contributed by atoms with Crippen LogP contribution < -0.4 is 5.73 Å². The SMILES string of the molecule is Cc1cncc(-c2ccc(N)c(Cl)c2)c1. The molecule has 1 heterocycles. The lowest BCUT2D eigenvalue weighted by atomic mass is 10.1. The molecule has 0 radical (unpaired) electrons. The van der Waals surface area contributed by atoms with Crippen molar-refractivity contribution in [3.05, 3.63) is 47.2 Å². The summed E-state index contributed by atoms with van der Waals surface area (Å²) in [5, 5.41) is 0.578. The van der Waals surface area contributed by atoms with Crippen LogP contribution in [0.1, 0.15) is 5.56 Å². The average molecular weight is 219 g/mol. The Kier molecular flexibility index (Phi) is 2.60. The summed E-state index contributed by atoms with van der Waals surface area (Å²) in [5.41, 5.74) is 9.46. The van der Waals surface area contributed by atoms with Gasteiger partial charge in [-0.25, -0.2) is 0 Å². The van der Waals surface area contributed by atoms with E-state index in [0.717, 1.165) is 16.7 Å². The molecule has 2 N–H and O–H groups in total. The summed E-state index contributed by atoms with van der Waals surface area (Å²) < 4.78 is 0. The number of pyridine rings is 1. The number of anilines is 1. The van der Waals surface area contributed by atoms with Crippen molar-refractivity contribution in [1.82, 2.24) is 4.98 Å². The number of rotatable bonds is 1. The van der Waals surface area contributed by atoms with Crippen molar-refractivity contribution < 1.29 is 0 Å². The minimum Gasteiger partial charge on any atom is -0.398 e. The number of aryl methyl sites for hydroxylation is 1. The van der Waals surface area contributed by atoms with Gasteiger partial charge in [0.25, 0.3) is 0 Å². The van der Waals surface area contributed by atoms with Gasteiger partial charge in [0.1, 0.15) is 0 Å². The molecule has 15 heavy (non-hydrogen) atoms. The minimum atomic E-state index is 0.578. The predicted molar refractivity (Wildman–Crippen MR) is 63.8 cm³/mol. The molecule has 0 bridgehead atoms. The highest BCUT2D eigenvalue weighted by molar-refractivity contribution is 6.33. The summed E-state index contributed by atoms with van der Waals surface area (Å²) in [5.74, 6) is 0. The number of hydrogen-bond donors (Lipinski definition) is 1. The summed E-state index contributed by atoms with van der Waals surface area (Å²) in [4.78, 5) is 4.14. The van der Waals surface area contributed by atoms with Crippen LogP contribution in [0.2, 0.25) is 5.02 Å². The Morgan fingerprint density at radius 2 is 1.93 bits per heavy atom. The van der Waals surface area contributed by atoms with E-state index in [1.165, 1.54) is 0 Å². The van der Waals surface area contributed by atoms with E-state index >= 15 is 0 Å². The molecule has 0 spiro atoms. The van der Waals surface area contributed by atoms with Crippen LogP contribution in [0.25, 0.3) is 11.1 Å². The van der Waals surface area contributed by atoms with Crippen molar-refractivity contribution in [2.24, 2.45) is 0 Å². The van der Waals surface area contributed by atoms with E-state index < -0.39 is 0 Å². The molecule has 76 valence electrons. The normalized spacial score (nSPS) is 10.3. The molecule has 1 aromatic heterocycles. The van der Waals surface area contributed by atoms with Gasteiger partial charge in [0.05, 0.1) is 10.7 Å². The molecule has 1 aromatic carbocycles. The average Bonchev–Trinajstić information content (AvgIpc) is 2.22. The smallest absolute Gasteiger partial charge is 0.0641 e. The van der Waals surface area contributed by atoms with E-state index in [1.807, 2.05) is 31.5 Å². The van der Waals surface area contributed by atoms with Crippen molar-refractivity contribution in [3.8, 4) is 11.1 Å². The van der Waals surface area contributed by atoms with E-state index in [2.05, 4.69) is 11.1 Å². The molecule has 2 rings (SSSR count). The Hall–Kier alpha value is -1.54. The number of aromatic nitrogens is 1. The first kappa shape index (κ1) is 9.99. The molecular formula is C12H11ClN2. The molecule has 0 amide bonds. The van der Waals surface area contributed by atoms with Crippen molar-refractivity contribution >= 4 is 17.3 Å². The highest BCUT2D eigenvalue weighted by Gasteiger charge is 2.01. The Balaban J connectivity index is 2.50. The van der Waals surface area contributed by atoms with Crippen LogP contribution in [-0.2, 0) is 0 Å². The van der Waals surface area contributed by atoms with Crippen LogP contribution in [0.4, 0.5) is 5.69 Å². The van der Waals surface area contributed by atoms with E-state index in [-0.39, 0.29) is 0 Å². The highest BCUT2D eigenvalue weighted by Crippen LogP contribution is 2.26. The van der Waals surface area contributed by atoms with Crippen molar-refractivity contribution in [2.45, 2.75) is 6.92 Å². The van der Waals surface area contributed by atoms with E-state index in [0.29, 0.717) is 10.7 Å². The third-order valence-corrected chi connectivity index (χ3v) is 2.54. The van der Waals surface area contributed by atoms with Gasteiger partial charge in [-0.2, -0.15) is 0 Å². The van der Waals surface area contributed by atoms with Gasteiger partial charge in [-0.05, 0) is 36.2 Å². The molecule has 0 atom stereocenters. The summed E-state index contributed by atoms with van der Waals surface area (Å²) >= 11 is 5.96. The van der Waals surface area contributed by atoms with Gasteiger partial charge in [-0.1, -0.05) is 17.7 Å². The lowest BCUT2D eigenvalue weighted by Gasteiger charge is -2.04. The number of nitrogens with zero attached hydrogens (tertiary/aromatic N) is 1. The number of nitrogens with two attached hydrogens (primary N) is 1. The summed E-state index contributed by atoms with van der Waals surface area (Å²) in [7, 11) is 0. The topological polar surface area (TPSA) is 38.9 Å². The number of halogens is 1. The molecule has 0 aliphatic carbocycles. The monoisotopic (exact) mass is 218 g/mol. The van der Waals surface area contributed by atoms with Crippen LogP contribution in [0.15, 0.2) is 36.7 Å². The molecule has 0 unspecified atom stereocenters. The zero-order valence-electron chi connectivity index (χ0n) is 8.37. The van der Waals surface area contributed by atoms with E-state index in [4.69, 9.17) is 17.3 Å². The molecule has 0 aliphatic heterocycles. The maximum absolute atomic E-state index is 5.96. The minimum absolute atomic E-state index is 0.578. The van der Waals surface area contributed by atoms with Gasteiger partial charge in [-0.15, -0.1) is 0 Å². The number of nitrogen functional groups attached to an aromatic ring is 1. The van der Waals surface area contributed by atoms with E-state index in [1.54, 1.807) is 6.07 Å².